The molecule has 0 aromatic heterocycles. The smallest absolute Gasteiger partial charge is 0.260 e. The SMILES string of the molecule is CC(Oc1ccc(Cl)c(Cl)c1)C(=O)NC1CCN(Cc2ccc(F)c(F)c2)CC1. The molecule has 2 aromatic rings. The third kappa shape index (κ3) is 6.04. The molecular formula is C21H22Cl2F2N2O2. The largest absolute Gasteiger partial charge is 0.481 e. The molecule has 1 heterocycles. The number of benzene rings is 2. The second-order valence-corrected chi connectivity index (χ2v) is 7.96. The van der Waals surface area contributed by atoms with E-state index in [1.54, 1.807) is 31.2 Å². The van der Waals surface area contributed by atoms with Crippen LogP contribution < -0.4 is 10.1 Å². The molecule has 0 aliphatic carbocycles. The molecular weight excluding hydrogens is 421 g/mol. The first-order valence-electron chi connectivity index (χ1n) is 9.40. The fraction of sp³-hybridized carbons (Fsp3) is 0.381. The molecule has 1 N–H and O–H groups in total. The van der Waals surface area contributed by atoms with Crippen molar-refractivity contribution in [2.45, 2.75) is 38.5 Å². The summed E-state index contributed by atoms with van der Waals surface area (Å²) in [5.41, 5.74) is 0.732. The van der Waals surface area contributed by atoms with Crippen LogP contribution in [0, 0.1) is 11.6 Å². The van der Waals surface area contributed by atoms with E-state index in [-0.39, 0.29) is 11.9 Å². The van der Waals surface area contributed by atoms with Gasteiger partial charge in [0.2, 0.25) is 0 Å². The van der Waals surface area contributed by atoms with Crippen molar-refractivity contribution in [3.8, 4) is 5.75 Å². The van der Waals surface area contributed by atoms with Gasteiger partial charge in [-0.2, -0.15) is 0 Å². The Kier molecular flexibility index (Phi) is 7.33. The third-order valence-corrected chi connectivity index (χ3v) is 5.64. The standard InChI is InChI=1S/C21H22Cl2F2N2O2/c1-13(29-16-3-4-17(22)18(23)11-16)21(28)26-15-6-8-27(9-7-15)12-14-2-5-19(24)20(25)10-14/h2-5,10-11,13,15H,6-9,12H2,1H3,(H,26,28). The van der Waals surface area contributed by atoms with Gasteiger partial charge in [0.15, 0.2) is 17.7 Å². The zero-order valence-corrected chi connectivity index (χ0v) is 17.4. The maximum atomic E-state index is 13.3. The Bertz CT molecular complexity index is 874. The predicted molar refractivity (Wildman–Crippen MR) is 109 cm³/mol. The fourth-order valence-electron chi connectivity index (χ4n) is 3.26. The maximum absolute atomic E-state index is 13.3. The minimum atomic E-state index is -0.840. The molecule has 1 fully saturated rings. The van der Waals surface area contributed by atoms with Gasteiger partial charge in [0.05, 0.1) is 10.0 Å². The van der Waals surface area contributed by atoms with Crippen LogP contribution in [0.5, 0.6) is 5.75 Å². The van der Waals surface area contributed by atoms with Gasteiger partial charge in [-0.05, 0) is 49.6 Å². The summed E-state index contributed by atoms with van der Waals surface area (Å²) in [6.45, 7) is 3.74. The Morgan fingerprint density at radius 1 is 1.14 bits per heavy atom. The highest BCUT2D eigenvalue weighted by molar-refractivity contribution is 6.42. The van der Waals surface area contributed by atoms with Crippen LogP contribution in [0.3, 0.4) is 0 Å². The minimum absolute atomic E-state index is 0.0450. The quantitative estimate of drug-likeness (QED) is 0.696. The highest BCUT2D eigenvalue weighted by atomic mass is 35.5. The number of halogens is 4. The predicted octanol–water partition coefficient (Wildman–Crippen LogP) is 4.82. The Morgan fingerprint density at radius 3 is 2.52 bits per heavy atom. The van der Waals surface area contributed by atoms with Crippen molar-refractivity contribution >= 4 is 29.1 Å². The van der Waals surface area contributed by atoms with Crippen LogP contribution in [0.15, 0.2) is 36.4 Å². The van der Waals surface area contributed by atoms with Crippen molar-refractivity contribution in [2.75, 3.05) is 13.1 Å². The van der Waals surface area contributed by atoms with E-state index >= 15 is 0 Å². The van der Waals surface area contributed by atoms with Crippen molar-refractivity contribution < 1.29 is 18.3 Å². The van der Waals surface area contributed by atoms with Crippen LogP contribution >= 0.6 is 23.2 Å². The highest BCUT2D eigenvalue weighted by Crippen LogP contribution is 2.27. The molecule has 0 saturated carbocycles. The number of nitrogens with one attached hydrogen (secondary N) is 1. The Hall–Kier alpha value is -1.89. The lowest BCUT2D eigenvalue weighted by molar-refractivity contribution is -0.128. The van der Waals surface area contributed by atoms with E-state index < -0.39 is 17.7 Å². The van der Waals surface area contributed by atoms with Crippen LogP contribution in [0.1, 0.15) is 25.3 Å². The molecule has 156 valence electrons. The first kappa shape index (κ1) is 21.8. The van der Waals surface area contributed by atoms with Gasteiger partial charge in [-0.3, -0.25) is 9.69 Å². The minimum Gasteiger partial charge on any atom is -0.481 e. The highest BCUT2D eigenvalue weighted by Gasteiger charge is 2.24. The van der Waals surface area contributed by atoms with Gasteiger partial charge in [0.25, 0.3) is 5.91 Å². The van der Waals surface area contributed by atoms with Crippen molar-refractivity contribution in [1.82, 2.24) is 10.2 Å². The summed E-state index contributed by atoms with van der Waals surface area (Å²) in [5.74, 6) is -1.40. The van der Waals surface area contributed by atoms with Crippen LogP contribution in [0.2, 0.25) is 10.0 Å². The van der Waals surface area contributed by atoms with E-state index in [2.05, 4.69) is 10.2 Å². The molecule has 1 aliphatic heterocycles. The topological polar surface area (TPSA) is 41.6 Å². The Labute approximate surface area is 178 Å². The van der Waals surface area contributed by atoms with Gasteiger partial charge in [0.1, 0.15) is 5.75 Å². The van der Waals surface area contributed by atoms with Gasteiger partial charge in [0, 0.05) is 31.7 Å². The van der Waals surface area contributed by atoms with Crippen LogP contribution in [0.4, 0.5) is 8.78 Å². The molecule has 1 saturated heterocycles. The molecule has 2 aromatic carbocycles. The number of piperidine rings is 1. The van der Waals surface area contributed by atoms with E-state index in [9.17, 15) is 13.6 Å². The second kappa shape index (κ2) is 9.74. The molecule has 1 unspecified atom stereocenters. The van der Waals surface area contributed by atoms with E-state index in [1.165, 1.54) is 6.07 Å². The summed E-state index contributed by atoms with van der Waals surface area (Å²) in [4.78, 5) is 14.6. The molecule has 1 atom stereocenters. The number of carbonyl (C=O) groups is 1. The van der Waals surface area contributed by atoms with Gasteiger partial charge in [-0.25, -0.2) is 8.78 Å². The number of hydrogen-bond acceptors (Lipinski definition) is 3. The normalized spacial score (nSPS) is 16.4. The number of amides is 1. The number of ether oxygens (including phenoxy) is 1. The zero-order valence-electron chi connectivity index (χ0n) is 15.9. The Morgan fingerprint density at radius 2 is 1.86 bits per heavy atom. The van der Waals surface area contributed by atoms with Crippen molar-refractivity contribution in [1.29, 1.82) is 0 Å². The number of nitrogens with zero attached hydrogens (tertiary/aromatic N) is 1. The summed E-state index contributed by atoms with van der Waals surface area (Å²) in [5, 5.41) is 3.79. The van der Waals surface area contributed by atoms with Crippen molar-refractivity contribution in [3.05, 3.63) is 63.6 Å². The van der Waals surface area contributed by atoms with Crippen LogP contribution in [0.25, 0.3) is 0 Å². The van der Waals surface area contributed by atoms with E-state index in [1.807, 2.05) is 0 Å². The molecule has 4 nitrogen and oxygen atoms in total. The summed E-state index contributed by atoms with van der Waals surface area (Å²) in [7, 11) is 0. The lowest BCUT2D eigenvalue weighted by atomic mass is 10.0. The number of rotatable bonds is 6. The average molecular weight is 443 g/mol. The molecule has 0 spiro atoms. The molecule has 29 heavy (non-hydrogen) atoms. The summed E-state index contributed by atoms with van der Waals surface area (Å²) in [6.07, 6.45) is 0.872. The van der Waals surface area contributed by atoms with Gasteiger partial charge in [-0.15, -0.1) is 0 Å². The zero-order chi connectivity index (χ0) is 21.0. The third-order valence-electron chi connectivity index (χ3n) is 4.90. The van der Waals surface area contributed by atoms with Gasteiger partial charge >= 0.3 is 0 Å². The van der Waals surface area contributed by atoms with Gasteiger partial charge in [-0.1, -0.05) is 29.3 Å². The van der Waals surface area contributed by atoms with Crippen molar-refractivity contribution in [3.63, 3.8) is 0 Å². The molecule has 1 aliphatic rings. The molecule has 0 radical (unpaired) electrons. The van der Waals surface area contributed by atoms with Crippen LogP contribution in [-0.4, -0.2) is 36.0 Å². The summed E-state index contributed by atoms with van der Waals surface area (Å²) < 4.78 is 32.0. The Balaban J connectivity index is 1.45. The molecule has 3 rings (SSSR count). The number of hydrogen-bond donors (Lipinski definition) is 1. The second-order valence-electron chi connectivity index (χ2n) is 7.14. The maximum Gasteiger partial charge on any atom is 0.260 e. The molecule has 1 amide bonds. The van der Waals surface area contributed by atoms with Crippen LogP contribution in [-0.2, 0) is 11.3 Å². The average Bonchev–Trinajstić information content (AvgIpc) is 2.69. The van der Waals surface area contributed by atoms with E-state index in [0.29, 0.717) is 22.3 Å². The first-order valence-corrected chi connectivity index (χ1v) is 10.2. The number of carbonyl (C=O) groups excluding carboxylic acids is 1. The van der Waals surface area contributed by atoms with E-state index in [4.69, 9.17) is 27.9 Å². The lowest BCUT2D eigenvalue weighted by Gasteiger charge is -2.32. The summed E-state index contributed by atoms with van der Waals surface area (Å²) >= 11 is 11.8. The van der Waals surface area contributed by atoms with E-state index in [0.717, 1.165) is 37.6 Å². The van der Waals surface area contributed by atoms with Gasteiger partial charge < -0.3 is 10.1 Å². The molecule has 0 bridgehead atoms. The van der Waals surface area contributed by atoms with Crippen molar-refractivity contribution in [2.24, 2.45) is 0 Å². The monoisotopic (exact) mass is 442 g/mol. The summed E-state index contributed by atoms with van der Waals surface area (Å²) in [6, 6.07) is 8.86. The number of likely N-dealkylation sites (tertiary alicyclic amines) is 1. The fourth-order valence-corrected chi connectivity index (χ4v) is 3.55. The molecule has 8 heteroatoms. The first-order chi connectivity index (χ1) is 13.8. The lowest BCUT2D eigenvalue weighted by Crippen LogP contribution is -2.47.